The van der Waals surface area contributed by atoms with Crippen LogP contribution in [-0.2, 0) is 19.0 Å². The molecule has 5 nitrogen and oxygen atoms in total. The number of unbranched alkanes of at least 4 members (excludes halogenated alkanes) is 1. The Morgan fingerprint density at radius 1 is 1.47 bits per heavy atom. The van der Waals surface area contributed by atoms with Gasteiger partial charge in [-0.05, 0) is 6.42 Å². The quantitative estimate of drug-likeness (QED) is 0.487. The molecular weight excluding hydrogens is 222 g/mol. The van der Waals surface area contributed by atoms with Crippen LogP contribution in [0, 0.1) is 0 Å². The van der Waals surface area contributed by atoms with Gasteiger partial charge in [-0.2, -0.15) is 0 Å². The summed E-state index contributed by atoms with van der Waals surface area (Å²) in [7, 11) is 1.41. The third-order valence-corrected chi connectivity index (χ3v) is 2.88. The number of ether oxygens (including phenoxy) is 3. The molecule has 0 N–H and O–H groups in total. The maximum atomic E-state index is 11.5. The molecule has 1 rings (SSSR count). The third-order valence-electron chi connectivity index (χ3n) is 2.88. The van der Waals surface area contributed by atoms with Gasteiger partial charge in [-0.25, -0.2) is 0 Å². The number of carbonyl (C=O) groups excluding carboxylic acids is 1. The van der Waals surface area contributed by atoms with E-state index in [0.717, 1.165) is 32.5 Å². The van der Waals surface area contributed by atoms with Crippen LogP contribution in [0.3, 0.4) is 0 Å². The average molecular weight is 245 g/mol. The molecule has 1 saturated heterocycles. The fourth-order valence-corrected chi connectivity index (χ4v) is 1.79. The van der Waals surface area contributed by atoms with Crippen molar-refractivity contribution in [2.75, 3.05) is 46.6 Å². The zero-order chi connectivity index (χ0) is 12.5. The monoisotopic (exact) mass is 245 g/mol. The van der Waals surface area contributed by atoms with Gasteiger partial charge in [0.15, 0.2) is 0 Å². The van der Waals surface area contributed by atoms with Crippen LogP contribution in [0.15, 0.2) is 0 Å². The van der Waals surface area contributed by atoms with Gasteiger partial charge in [0.05, 0.1) is 26.9 Å². The first-order valence-electron chi connectivity index (χ1n) is 6.27. The Labute approximate surface area is 103 Å². The minimum absolute atomic E-state index is 0.224. The molecule has 1 unspecified atom stereocenters. The van der Waals surface area contributed by atoms with E-state index in [9.17, 15) is 4.79 Å². The smallest absolute Gasteiger partial charge is 0.325 e. The van der Waals surface area contributed by atoms with Crippen LogP contribution in [0.1, 0.15) is 19.8 Å². The van der Waals surface area contributed by atoms with Crippen LogP contribution >= 0.6 is 0 Å². The molecule has 0 amide bonds. The average Bonchev–Trinajstić information content (AvgIpc) is 2.38. The summed E-state index contributed by atoms with van der Waals surface area (Å²) >= 11 is 0. The van der Waals surface area contributed by atoms with Crippen molar-refractivity contribution in [3.05, 3.63) is 0 Å². The molecule has 0 aromatic carbocycles. The summed E-state index contributed by atoms with van der Waals surface area (Å²) in [5.74, 6) is -0.224. The summed E-state index contributed by atoms with van der Waals surface area (Å²) in [4.78, 5) is 13.6. The highest BCUT2D eigenvalue weighted by Gasteiger charge is 2.29. The lowest BCUT2D eigenvalue weighted by Crippen LogP contribution is -2.51. The lowest BCUT2D eigenvalue weighted by Gasteiger charge is -2.33. The molecule has 1 atom stereocenters. The van der Waals surface area contributed by atoms with Crippen LogP contribution in [0.25, 0.3) is 0 Å². The second-order valence-electron chi connectivity index (χ2n) is 4.12. The van der Waals surface area contributed by atoms with E-state index in [1.807, 2.05) is 0 Å². The van der Waals surface area contributed by atoms with Crippen molar-refractivity contribution in [2.45, 2.75) is 25.8 Å². The zero-order valence-corrected chi connectivity index (χ0v) is 10.8. The van der Waals surface area contributed by atoms with E-state index < -0.39 is 0 Å². The molecule has 0 spiro atoms. The Morgan fingerprint density at radius 2 is 2.29 bits per heavy atom. The molecule has 1 aliphatic heterocycles. The van der Waals surface area contributed by atoms with Crippen molar-refractivity contribution >= 4 is 5.97 Å². The van der Waals surface area contributed by atoms with E-state index in [4.69, 9.17) is 14.2 Å². The molecule has 0 bridgehead atoms. The minimum atomic E-state index is -0.275. The molecule has 0 saturated carbocycles. The Morgan fingerprint density at radius 3 is 3.00 bits per heavy atom. The van der Waals surface area contributed by atoms with Gasteiger partial charge in [-0.1, -0.05) is 13.3 Å². The van der Waals surface area contributed by atoms with E-state index in [1.165, 1.54) is 7.11 Å². The van der Waals surface area contributed by atoms with Crippen LogP contribution < -0.4 is 0 Å². The van der Waals surface area contributed by atoms with Crippen LogP contribution in [0.2, 0.25) is 0 Å². The van der Waals surface area contributed by atoms with Gasteiger partial charge < -0.3 is 14.2 Å². The normalized spacial score (nSPS) is 21.4. The fourth-order valence-electron chi connectivity index (χ4n) is 1.79. The first-order chi connectivity index (χ1) is 8.29. The van der Waals surface area contributed by atoms with Crippen LogP contribution in [0.5, 0.6) is 0 Å². The molecule has 100 valence electrons. The lowest BCUT2D eigenvalue weighted by molar-refractivity contribution is -0.153. The predicted octanol–water partition coefficient (Wildman–Crippen LogP) is 0.677. The molecular formula is C12H23NO4. The number of rotatable bonds is 7. The van der Waals surface area contributed by atoms with Crippen LogP contribution in [0.4, 0.5) is 0 Å². The molecule has 17 heavy (non-hydrogen) atoms. The standard InChI is InChI=1S/C12H23NO4/c1-3-4-7-16-8-5-13-6-9-17-10-11(13)12(14)15-2/h11H,3-10H2,1-2H3. The lowest BCUT2D eigenvalue weighted by atomic mass is 10.2. The maximum absolute atomic E-state index is 11.5. The van der Waals surface area contributed by atoms with Gasteiger partial charge in [-0.15, -0.1) is 0 Å². The molecule has 1 heterocycles. The summed E-state index contributed by atoms with van der Waals surface area (Å²) in [6.07, 6.45) is 2.23. The van der Waals surface area contributed by atoms with E-state index in [-0.39, 0.29) is 12.0 Å². The number of hydrogen-bond donors (Lipinski definition) is 0. The largest absolute Gasteiger partial charge is 0.468 e. The molecule has 1 fully saturated rings. The van der Waals surface area contributed by atoms with Crippen molar-refractivity contribution in [1.82, 2.24) is 4.90 Å². The summed E-state index contributed by atoms with van der Waals surface area (Å²) in [6.45, 7) is 6.20. The number of hydrogen-bond acceptors (Lipinski definition) is 5. The van der Waals surface area contributed by atoms with E-state index in [1.54, 1.807) is 0 Å². The fraction of sp³-hybridized carbons (Fsp3) is 0.917. The number of esters is 1. The number of methoxy groups -OCH3 is 1. The summed E-state index contributed by atoms with van der Waals surface area (Å²) in [5.41, 5.74) is 0. The van der Waals surface area contributed by atoms with Crippen molar-refractivity contribution in [1.29, 1.82) is 0 Å². The highest BCUT2D eigenvalue weighted by atomic mass is 16.5. The number of carbonyl (C=O) groups is 1. The van der Waals surface area contributed by atoms with E-state index in [0.29, 0.717) is 19.8 Å². The summed E-state index contributed by atoms with van der Waals surface area (Å²) in [6, 6.07) is -0.275. The molecule has 5 heteroatoms. The first-order valence-corrected chi connectivity index (χ1v) is 6.27. The van der Waals surface area contributed by atoms with E-state index in [2.05, 4.69) is 11.8 Å². The maximum Gasteiger partial charge on any atom is 0.325 e. The second kappa shape index (κ2) is 8.44. The first kappa shape index (κ1) is 14.4. The Hall–Kier alpha value is -0.650. The highest BCUT2D eigenvalue weighted by Crippen LogP contribution is 2.08. The van der Waals surface area contributed by atoms with Gasteiger partial charge in [0.25, 0.3) is 0 Å². The molecule has 0 aliphatic carbocycles. The third kappa shape index (κ3) is 5.02. The van der Waals surface area contributed by atoms with Crippen molar-refractivity contribution in [3.8, 4) is 0 Å². The SMILES string of the molecule is CCCCOCCN1CCOCC1C(=O)OC. The molecule has 0 aromatic rings. The number of nitrogens with zero attached hydrogens (tertiary/aromatic N) is 1. The second-order valence-corrected chi connectivity index (χ2v) is 4.12. The minimum Gasteiger partial charge on any atom is -0.468 e. The van der Waals surface area contributed by atoms with Gasteiger partial charge >= 0.3 is 5.97 Å². The van der Waals surface area contributed by atoms with Gasteiger partial charge in [0.2, 0.25) is 0 Å². The molecule has 1 aliphatic rings. The van der Waals surface area contributed by atoms with Gasteiger partial charge in [0.1, 0.15) is 6.04 Å². The summed E-state index contributed by atoms with van der Waals surface area (Å²) < 4.78 is 15.6. The summed E-state index contributed by atoms with van der Waals surface area (Å²) in [5, 5.41) is 0. The number of morpholine rings is 1. The molecule has 0 radical (unpaired) electrons. The predicted molar refractivity (Wildman–Crippen MR) is 63.9 cm³/mol. The van der Waals surface area contributed by atoms with Gasteiger partial charge in [0, 0.05) is 19.7 Å². The highest BCUT2D eigenvalue weighted by molar-refractivity contribution is 5.75. The Bertz CT molecular complexity index is 223. The van der Waals surface area contributed by atoms with Crippen LogP contribution in [-0.4, -0.2) is 63.5 Å². The van der Waals surface area contributed by atoms with Crippen molar-refractivity contribution in [3.63, 3.8) is 0 Å². The zero-order valence-electron chi connectivity index (χ0n) is 10.8. The van der Waals surface area contributed by atoms with Crippen molar-refractivity contribution in [2.24, 2.45) is 0 Å². The molecule has 0 aromatic heterocycles. The van der Waals surface area contributed by atoms with Crippen molar-refractivity contribution < 1.29 is 19.0 Å². The van der Waals surface area contributed by atoms with E-state index >= 15 is 0 Å². The topological polar surface area (TPSA) is 48.0 Å². The Balaban J connectivity index is 2.25. The Kier molecular flexibility index (Phi) is 7.16. The van der Waals surface area contributed by atoms with Gasteiger partial charge in [-0.3, -0.25) is 9.69 Å².